The summed E-state index contributed by atoms with van der Waals surface area (Å²) in [7, 11) is 2.00. The number of hydrogen-bond donors (Lipinski definition) is 1. The molecule has 0 fully saturated rings. The van der Waals surface area contributed by atoms with E-state index in [0.29, 0.717) is 5.02 Å². The van der Waals surface area contributed by atoms with E-state index in [4.69, 9.17) is 16.0 Å². The molecule has 0 aliphatic heterocycles. The lowest BCUT2D eigenvalue weighted by Crippen LogP contribution is -2.18. The Morgan fingerprint density at radius 2 is 2.32 bits per heavy atom. The number of hydrogen-bond acceptors (Lipinski definition) is 4. The van der Waals surface area contributed by atoms with Crippen molar-refractivity contribution in [1.82, 2.24) is 10.3 Å². The Hall–Kier alpha value is -1.52. The predicted octanol–water partition coefficient (Wildman–Crippen LogP) is 3.07. The number of furan rings is 1. The summed E-state index contributed by atoms with van der Waals surface area (Å²) in [5, 5.41) is 3.97. The van der Waals surface area contributed by atoms with Crippen LogP contribution in [0.5, 0.6) is 0 Å². The van der Waals surface area contributed by atoms with Crippen LogP contribution in [0.1, 0.15) is 18.1 Å². The van der Waals surface area contributed by atoms with Gasteiger partial charge in [0.05, 0.1) is 17.5 Å². The fourth-order valence-corrected chi connectivity index (χ4v) is 1.98. The number of nitrogens with one attached hydrogen (secondary N) is 1. The molecule has 0 saturated carbocycles. The maximum absolute atomic E-state index is 6.14. The van der Waals surface area contributed by atoms with Gasteiger partial charge in [0.25, 0.3) is 0 Å². The standard InChI is InChI=1S/C14H18ClN3O/c1-3-16-7-12-6-14(17-8-13(12)15)18(2)9-11-4-5-19-10-11/h4-6,8,10,16H,3,7,9H2,1-2H3. The highest BCUT2D eigenvalue weighted by molar-refractivity contribution is 6.31. The largest absolute Gasteiger partial charge is 0.472 e. The van der Waals surface area contributed by atoms with Crippen molar-refractivity contribution in [1.29, 1.82) is 0 Å². The highest BCUT2D eigenvalue weighted by atomic mass is 35.5. The van der Waals surface area contributed by atoms with Gasteiger partial charge in [0.15, 0.2) is 0 Å². The fourth-order valence-electron chi connectivity index (χ4n) is 1.81. The molecule has 4 nitrogen and oxygen atoms in total. The molecule has 0 atom stereocenters. The first-order valence-corrected chi connectivity index (χ1v) is 6.66. The van der Waals surface area contributed by atoms with Gasteiger partial charge in [0, 0.05) is 31.9 Å². The van der Waals surface area contributed by atoms with E-state index in [1.165, 1.54) is 0 Å². The number of aromatic nitrogens is 1. The zero-order chi connectivity index (χ0) is 13.7. The number of anilines is 1. The van der Waals surface area contributed by atoms with E-state index < -0.39 is 0 Å². The third-order valence-electron chi connectivity index (χ3n) is 2.88. The van der Waals surface area contributed by atoms with Gasteiger partial charge >= 0.3 is 0 Å². The van der Waals surface area contributed by atoms with Crippen LogP contribution in [-0.2, 0) is 13.1 Å². The van der Waals surface area contributed by atoms with Crippen LogP contribution < -0.4 is 10.2 Å². The number of rotatable bonds is 6. The van der Waals surface area contributed by atoms with Gasteiger partial charge in [-0.1, -0.05) is 18.5 Å². The van der Waals surface area contributed by atoms with Crippen LogP contribution in [0.4, 0.5) is 5.82 Å². The van der Waals surface area contributed by atoms with E-state index in [1.54, 1.807) is 18.7 Å². The van der Waals surface area contributed by atoms with Gasteiger partial charge in [-0.2, -0.15) is 0 Å². The van der Waals surface area contributed by atoms with Gasteiger partial charge in [-0.3, -0.25) is 0 Å². The Balaban J connectivity index is 2.10. The molecule has 1 N–H and O–H groups in total. The van der Waals surface area contributed by atoms with Gasteiger partial charge in [-0.25, -0.2) is 4.98 Å². The first-order valence-electron chi connectivity index (χ1n) is 6.28. The van der Waals surface area contributed by atoms with Gasteiger partial charge < -0.3 is 14.6 Å². The highest BCUT2D eigenvalue weighted by Gasteiger charge is 2.08. The minimum atomic E-state index is 0.696. The molecule has 2 rings (SSSR count). The maximum atomic E-state index is 6.14. The van der Waals surface area contributed by atoms with Gasteiger partial charge in [0.1, 0.15) is 5.82 Å². The van der Waals surface area contributed by atoms with E-state index in [-0.39, 0.29) is 0 Å². The Labute approximate surface area is 118 Å². The molecule has 0 aliphatic carbocycles. The van der Waals surface area contributed by atoms with Crippen LogP contribution in [0, 0.1) is 0 Å². The summed E-state index contributed by atoms with van der Waals surface area (Å²) < 4.78 is 5.07. The second kappa shape index (κ2) is 6.59. The maximum Gasteiger partial charge on any atom is 0.128 e. The average Bonchev–Trinajstić information content (AvgIpc) is 2.90. The van der Waals surface area contributed by atoms with Crippen molar-refractivity contribution in [3.63, 3.8) is 0 Å². The quantitative estimate of drug-likeness (QED) is 0.882. The molecule has 5 heteroatoms. The molecule has 0 aliphatic rings. The number of pyridine rings is 1. The molecule has 0 radical (unpaired) electrons. The van der Waals surface area contributed by atoms with Crippen molar-refractivity contribution in [3.05, 3.63) is 47.0 Å². The topological polar surface area (TPSA) is 41.3 Å². The van der Waals surface area contributed by atoms with E-state index in [1.807, 2.05) is 19.2 Å². The SMILES string of the molecule is CCNCc1cc(N(C)Cc2ccoc2)ncc1Cl. The summed E-state index contributed by atoms with van der Waals surface area (Å²) in [4.78, 5) is 6.43. The first kappa shape index (κ1) is 13.9. The molecule has 19 heavy (non-hydrogen) atoms. The van der Waals surface area contributed by atoms with Crippen molar-refractivity contribution < 1.29 is 4.42 Å². The van der Waals surface area contributed by atoms with Crippen LogP contribution in [0.2, 0.25) is 5.02 Å². The van der Waals surface area contributed by atoms with Crippen LogP contribution in [-0.4, -0.2) is 18.6 Å². The summed E-state index contributed by atoms with van der Waals surface area (Å²) in [5.41, 5.74) is 2.18. The van der Waals surface area contributed by atoms with Crippen molar-refractivity contribution in [2.75, 3.05) is 18.5 Å². The van der Waals surface area contributed by atoms with Crippen molar-refractivity contribution >= 4 is 17.4 Å². The summed E-state index contributed by atoms with van der Waals surface area (Å²) in [5.74, 6) is 0.901. The minimum Gasteiger partial charge on any atom is -0.472 e. The minimum absolute atomic E-state index is 0.696. The third kappa shape index (κ3) is 3.72. The molecule has 2 aromatic heterocycles. The third-order valence-corrected chi connectivity index (χ3v) is 3.22. The Morgan fingerprint density at radius 3 is 3.00 bits per heavy atom. The number of halogens is 1. The highest BCUT2D eigenvalue weighted by Crippen LogP contribution is 2.21. The molecule has 0 spiro atoms. The van der Waals surface area contributed by atoms with Crippen molar-refractivity contribution in [2.24, 2.45) is 0 Å². The average molecular weight is 280 g/mol. The van der Waals surface area contributed by atoms with Crippen molar-refractivity contribution in [2.45, 2.75) is 20.0 Å². The molecule has 0 aromatic carbocycles. The molecular weight excluding hydrogens is 262 g/mol. The van der Waals surface area contributed by atoms with Crippen LogP contribution in [0.15, 0.2) is 35.3 Å². The van der Waals surface area contributed by atoms with Crippen LogP contribution in [0.25, 0.3) is 0 Å². The normalized spacial score (nSPS) is 10.7. The molecule has 0 bridgehead atoms. The summed E-state index contributed by atoms with van der Waals surface area (Å²) in [6, 6.07) is 3.97. The lowest BCUT2D eigenvalue weighted by atomic mass is 10.2. The lowest BCUT2D eigenvalue weighted by molar-refractivity contribution is 0.563. The summed E-state index contributed by atoms with van der Waals surface area (Å²) in [6.07, 6.45) is 5.12. The second-order valence-corrected chi connectivity index (χ2v) is 4.81. The van der Waals surface area contributed by atoms with E-state index >= 15 is 0 Å². The Kier molecular flexibility index (Phi) is 4.82. The molecule has 0 unspecified atom stereocenters. The summed E-state index contributed by atoms with van der Waals surface area (Å²) in [6.45, 7) is 4.50. The molecule has 2 heterocycles. The predicted molar refractivity (Wildman–Crippen MR) is 77.4 cm³/mol. The van der Waals surface area contributed by atoms with Gasteiger partial charge in [-0.15, -0.1) is 0 Å². The van der Waals surface area contributed by atoms with Gasteiger partial charge in [0.2, 0.25) is 0 Å². The van der Waals surface area contributed by atoms with E-state index in [2.05, 4.69) is 22.1 Å². The zero-order valence-corrected chi connectivity index (χ0v) is 11.9. The Bertz CT molecular complexity index is 513. The van der Waals surface area contributed by atoms with E-state index in [9.17, 15) is 0 Å². The van der Waals surface area contributed by atoms with Crippen LogP contribution >= 0.6 is 11.6 Å². The lowest BCUT2D eigenvalue weighted by Gasteiger charge is -2.18. The zero-order valence-electron chi connectivity index (χ0n) is 11.2. The molecule has 2 aromatic rings. The van der Waals surface area contributed by atoms with Crippen molar-refractivity contribution in [3.8, 4) is 0 Å². The second-order valence-electron chi connectivity index (χ2n) is 4.40. The number of nitrogens with zero attached hydrogens (tertiary/aromatic N) is 2. The molecule has 0 saturated heterocycles. The molecular formula is C14H18ClN3O. The Morgan fingerprint density at radius 1 is 1.47 bits per heavy atom. The summed E-state index contributed by atoms with van der Waals surface area (Å²) >= 11 is 6.14. The van der Waals surface area contributed by atoms with E-state index in [0.717, 1.165) is 36.6 Å². The van der Waals surface area contributed by atoms with Crippen LogP contribution in [0.3, 0.4) is 0 Å². The monoisotopic (exact) mass is 279 g/mol. The fraction of sp³-hybridized carbons (Fsp3) is 0.357. The molecule has 0 amide bonds. The first-order chi connectivity index (χ1) is 9.20. The van der Waals surface area contributed by atoms with Gasteiger partial charge in [-0.05, 0) is 24.2 Å². The smallest absolute Gasteiger partial charge is 0.128 e. The molecule has 102 valence electrons.